The number of aliphatic hydroxyl groups excluding tert-OH is 1. The molecule has 0 aliphatic rings. The van der Waals surface area contributed by atoms with E-state index in [0.29, 0.717) is 25.7 Å². The fraction of sp³-hybridized carbons (Fsp3) is 0.704. The third-order valence-corrected chi connectivity index (χ3v) is 17.8. The van der Waals surface area contributed by atoms with E-state index in [1.54, 1.807) is 0 Å². The molecule has 0 aromatic heterocycles. The second-order valence-electron chi connectivity index (χ2n) is 25.5. The van der Waals surface area contributed by atoms with Crippen molar-refractivity contribution in [3.05, 3.63) is 122 Å². The van der Waals surface area contributed by atoms with Crippen molar-refractivity contribution in [1.82, 2.24) is 0 Å². The third kappa shape index (κ3) is 71.8. The van der Waals surface area contributed by atoms with Crippen LogP contribution in [0.25, 0.3) is 0 Å². The van der Waals surface area contributed by atoms with Gasteiger partial charge >= 0.3 is 39.5 Å². The predicted octanol–water partition coefficient (Wildman–Crippen LogP) is 22.3. The zero-order valence-corrected chi connectivity index (χ0v) is 64.4. The molecule has 100 heavy (non-hydrogen) atoms. The number of esters is 4. The van der Waals surface area contributed by atoms with Gasteiger partial charge in [0.25, 0.3) is 0 Å². The van der Waals surface area contributed by atoms with Gasteiger partial charge in [0.2, 0.25) is 0 Å². The molecular weight excluding hydrogens is 1310 g/mol. The molecule has 0 aromatic carbocycles. The Morgan fingerprint density at radius 1 is 0.290 bits per heavy atom. The van der Waals surface area contributed by atoms with Gasteiger partial charge in [0.1, 0.15) is 19.3 Å². The summed E-state index contributed by atoms with van der Waals surface area (Å²) in [5, 5.41) is 10.6. The van der Waals surface area contributed by atoms with Crippen molar-refractivity contribution in [2.24, 2.45) is 0 Å². The van der Waals surface area contributed by atoms with Crippen molar-refractivity contribution in [3.8, 4) is 0 Å². The van der Waals surface area contributed by atoms with E-state index in [-0.39, 0.29) is 25.7 Å². The first-order chi connectivity index (χ1) is 48.7. The molecule has 0 fully saturated rings. The molecule has 0 aromatic rings. The highest BCUT2D eigenvalue weighted by molar-refractivity contribution is 7.47. The Labute approximate surface area is 606 Å². The number of carbonyl (C=O) groups is 4. The molecule has 0 amide bonds. The fourth-order valence-corrected chi connectivity index (χ4v) is 11.7. The maximum Gasteiger partial charge on any atom is 0.472 e. The summed E-state index contributed by atoms with van der Waals surface area (Å²) in [6.45, 7) is 4.48. The summed E-state index contributed by atoms with van der Waals surface area (Å²) in [7, 11) is -9.97. The molecule has 19 heteroatoms. The van der Waals surface area contributed by atoms with E-state index >= 15 is 0 Å². The summed E-state index contributed by atoms with van der Waals surface area (Å²) in [6, 6.07) is 0. The molecule has 574 valence electrons. The minimum atomic E-state index is -4.99. The zero-order chi connectivity index (χ0) is 73.2. The number of aliphatic hydroxyl groups is 1. The highest BCUT2D eigenvalue weighted by Gasteiger charge is 2.30. The molecule has 5 unspecified atom stereocenters. The summed E-state index contributed by atoms with van der Waals surface area (Å²) in [6.07, 6.45) is 79.0. The van der Waals surface area contributed by atoms with Gasteiger partial charge in [0.15, 0.2) is 12.2 Å². The van der Waals surface area contributed by atoms with Gasteiger partial charge in [-0.3, -0.25) is 37.3 Å². The van der Waals surface area contributed by atoms with Gasteiger partial charge < -0.3 is 33.8 Å². The van der Waals surface area contributed by atoms with Crippen LogP contribution >= 0.6 is 15.6 Å². The van der Waals surface area contributed by atoms with Crippen LogP contribution < -0.4 is 0 Å². The lowest BCUT2D eigenvalue weighted by Gasteiger charge is -2.21. The van der Waals surface area contributed by atoms with Crippen LogP contribution in [0.1, 0.15) is 310 Å². The Morgan fingerprint density at radius 3 is 0.820 bits per heavy atom. The monoisotopic (exact) mass is 1440 g/mol. The van der Waals surface area contributed by atoms with Crippen molar-refractivity contribution >= 4 is 39.5 Å². The molecule has 0 aliphatic heterocycles. The second-order valence-corrected chi connectivity index (χ2v) is 28.4. The number of phosphoric ester groups is 2. The quantitative estimate of drug-likeness (QED) is 0.0169. The molecule has 0 heterocycles. The highest BCUT2D eigenvalue weighted by atomic mass is 31.2. The topological polar surface area (TPSA) is 237 Å². The van der Waals surface area contributed by atoms with E-state index in [1.807, 2.05) is 0 Å². The van der Waals surface area contributed by atoms with E-state index in [1.165, 1.54) is 51.4 Å². The average molecular weight is 1450 g/mol. The Kier molecular flexibility index (Phi) is 69.5. The first-order valence-corrected chi connectivity index (χ1v) is 41.8. The number of hydrogen-bond donors (Lipinski definition) is 3. The van der Waals surface area contributed by atoms with Crippen LogP contribution in [0.15, 0.2) is 122 Å². The number of ether oxygens (including phenoxy) is 4. The van der Waals surface area contributed by atoms with E-state index < -0.39 is 97.5 Å². The van der Waals surface area contributed by atoms with E-state index in [9.17, 15) is 43.2 Å². The number of hydrogen-bond acceptors (Lipinski definition) is 15. The SMILES string of the molecule is CC/C=C\C/C=C\C/C=C\C/C=C\CCCCC(=O)OCC(COP(=O)(O)OCC(O)COP(=O)(O)OCC(COC(=O)CCCCCCCCC/C=C\C/C=C\C/C=C\CC)OC(=O)CCCCCCC/C=C\C/C=C\C/C=C\CC)OC(=O)CCCCCCCCCCCCCCC. The Bertz CT molecular complexity index is 2370. The molecular formula is C81H138O17P2. The Morgan fingerprint density at radius 2 is 0.520 bits per heavy atom. The van der Waals surface area contributed by atoms with E-state index in [4.69, 9.17) is 37.0 Å². The molecule has 0 spiro atoms. The zero-order valence-electron chi connectivity index (χ0n) is 62.6. The summed E-state index contributed by atoms with van der Waals surface area (Å²) >= 11 is 0. The number of unbranched alkanes of at least 4 members (excludes halogenated alkanes) is 26. The number of phosphoric acid groups is 2. The molecule has 0 saturated heterocycles. The number of carbonyl (C=O) groups excluding carboxylic acids is 4. The van der Waals surface area contributed by atoms with Crippen LogP contribution in [-0.2, 0) is 65.4 Å². The summed E-state index contributed by atoms with van der Waals surface area (Å²) in [5.74, 6) is -2.24. The van der Waals surface area contributed by atoms with Crippen LogP contribution in [-0.4, -0.2) is 96.7 Å². The average Bonchev–Trinajstić information content (AvgIpc) is 0.937. The lowest BCUT2D eigenvalue weighted by Crippen LogP contribution is -2.30. The third-order valence-electron chi connectivity index (χ3n) is 15.9. The molecule has 0 rings (SSSR count). The molecule has 0 saturated carbocycles. The first-order valence-electron chi connectivity index (χ1n) is 38.8. The van der Waals surface area contributed by atoms with E-state index in [2.05, 4.69) is 149 Å². The second kappa shape index (κ2) is 72.8. The van der Waals surface area contributed by atoms with Crippen molar-refractivity contribution < 1.29 is 80.2 Å². The summed E-state index contributed by atoms with van der Waals surface area (Å²) < 4.78 is 68.5. The van der Waals surface area contributed by atoms with Gasteiger partial charge in [-0.1, -0.05) is 278 Å². The molecule has 17 nitrogen and oxygen atoms in total. The van der Waals surface area contributed by atoms with Crippen molar-refractivity contribution in [3.63, 3.8) is 0 Å². The first kappa shape index (κ1) is 95.5. The Balaban J connectivity index is 5.39. The van der Waals surface area contributed by atoms with Gasteiger partial charge in [-0.2, -0.15) is 0 Å². The fourth-order valence-electron chi connectivity index (χ4n) is 10.1. The van der Waals surface area contributed by atoms with Crippen LogP contribution in [0.2, 0.25) is 0 Å². The van der Waals surface area contributed by atoms with Crippen LogP contribution in [0.3, 0.4) is 0 Å². The number of rotatable bonds is 72. The molecule has 3 N–H and O–H groups in total. The maximum atomic E-state index is 13.1. The molecule has 0 aliphatic carbocycles. The summed E-state index contributed by atoms with van der Waals surface area (Å²) in [5.41, 5.74) is 0. The van der Waals surface area contributed by atoms with Gasteiger partial charge in [-0.15, -0.1) is 0 Å². The van der Waals surface area contributed by atoms with E-state index in [0.717, 1.165) is 180 Å². The normalized spacial score (nSPS) is 14.6. The van der Waals surface area contributed by atoms with Crippen LogP contribution in [0.5, 0.6) is 0 Å². The lowest BCUT2D eigenvalue weighted by atomic mass is 10.0. The highest BCUT2D eigenvalue weighted by Crippen LogP contribution is 2.45. The van der Waals surface area contributed by atoms with Gasteiger partial charge in [-0.25, -0.2) is 9.13 Å². The van der Waals surface area contributed by atoms with Crippen LogP contribution in [0, 0.1) is 0 Å². The lowest BCUT2D eigenvalue weighted by molar-refractivity contribution is -0.161. The van der Waals surface area contributed by atoms with Crippen molar-refractivity contribution in [2.45, 2.75) is 329 Å². The smallest absolute Gasteiger partial charge is 0.462 e. The van der Waals surface area contributed by atoms with Crippen LogP contribution in [0.4, 0.5) is 0 Å². The standard InChI is InChI=1S/C81H138O17P2/c1-5-9-13-17-21-25-29-33-36-37-40-43-46-50-54-58-62-66-79(84)92-72-77(98-81(86)68-64-60-56-52-48-44-39-35-31-27-23-19-15-11-7-3)74-96-100(89,90)94-70-75(82)69-93-99(87,88)95-73-76(97-80(85)67-63-59-55-51-47-41-32-28-24-20-16-12-8-4)71-91-78(83)65-61-57-53-49-45-42-38-34-30-26-22-18-14-10-6-2/h9-11,13-15,21-23,25-27,33-36,38-39,45,49,75-77,82H,5-8,12,16-20,24,28-32,37,40-44,46-48,50-74H2,1-4H3,(H,87,88)(H,89,90)/b13-9-,14-10-,15-11-,25-21-,26-22-,27-23-,36-33-,38-34-,39-35-,49-45-. The maximum absolute atomic E-state index is 13.1. The minimum Gasteiger partial charge on any atom is -0.462 e. The molecule has 0 bridgehead atoms. The number of allylic oxidation sites excluding steroid dienone is 20. The van der Waals surface area contributed by atoms with Crippen molar-refractivity contribution in [2.75, 3.05) is 39.6 Å². The molecule has 0 radical (unpaired) electrons. The van der Waals surface area contributed by atoms with Crippen molar-refractivity contribution in [1.29, 1.82) is 0 Å². The minimum absolute atomic E-state index is 0.0706. The van der Waals surface area contributed by atoms with Gasteiger partial charge in [0.05, 0.1) is 26.4 Å². The summed E-state index contributed by atoms with van der Waals surface area (Å²) in [4.78, 5) is 72.9. The predicted molar refractivity (Wildman–Crippen MR) is 408 cm³/mol. The van der Waals surface area contributed by atoms with Gasteiger partial charge in [-0.05, 0) is 128 Å². The molecule has 5 atom stereocenters. The van der Waals surface area contributed by atoms with Gasteiger partial charge in [0, 0.05) is 25.7 Å². The Hall–Kier alpha value is -4.54. The largest absolute Gasteiger partial charge is 0.472 e.